The molecular weight excluding hydrogens is 326 g/mol. The van der Waals surface area contributed by atoms with E-state index in [2.05, 4.69) is 40.1 Å². The second-order valence-corrected chi connectivity index (χ2v) is 8.72. The van der Waals surface area contributed by atoms with Crippen molar-refractivity contribution in [2.45, 2.75) is 63.8 Å². The number of halogens is 1. The van der Waals surface area contributed by atoms with Crippen LogP contribution >= 0.6 is 15.9 Å². The van der Waals surface area contributed by atoms with Crippen molar-refractivity contribution in [2.75, 3.05) is 5.32 Å². The second kappa shape index (κ2) is 4.94. The standard InChI is InChI=1S/C17H24BrN3/c1-10(2)16-19-14(18)6-15(20-16)21-17-7-11-3-12(8-17)5-13(4-11)9-17/h6,10-13H,3-5,7-9H2,1-2H3,(H,19,20,21). The predicted octanol–water partition coefficient (Wildman–Crippen LogP) is 4.74. The number of aromatic nitrogens is 2. The Balaban J connectivity index is 1.61. The lowest BCUT2D eigenvalue weighted by Gasteiger charge is -2.57. The molecule has 0 saturated heterocycles. The van der Waals surface area contributed by atoms with E-state index >= 15 is 0 Å². The third kappa shape index (κ3) is 2.60. The fourth-order valence-electron chi connectivity index (χ4n) is 5.29. The molecule has 4 aliphatic rings. The minimum Gasteiger partial charge on any atom is -0.364 e. The average molecular weight is 350 g/mol. The van der Waals surface area contributed by atoms with Gasteiger partial charge in [0.1, 0.15) is 16.2 Å². The van der Waals surface area contributed by atoms with Gasteiger partial charge in [0.25, 0.3) is 0 Å². The summed E-state index contributed by atoms with van der Waals surface area (Å²) in [6.07, 6.45) is 8.47. The second-order valence-electron chi connectivity index (χ2n) is 7.91. The third-order valence-electron chi connectivity index (χ3n) is 5.66. The van der Waals surface area contributed by atoms with Crippen molar-refractivity contribution in [1.82, 2.24) is 9.97 Å². The van der Waals surface area contributed by atoms with Crippen LogP contribution in [0.1, 0.15) is 64.1 Å². The molecule has 0 aliphatic heterocycles. The van der Waals surface area contributed by atoms with E-state index in [1.807, 2.05) is 6.07 Å². The van der Waals surface area contributed by atoms with Crippen molar-refractivity contribution in [1.29, 1.82) is 0 Å². The summed E-state index contributed by atoms with van der Waals surface area (Å²) in [5, 5.41) is 3.84. The first-order valence-corrected chi connectivity index (χ1v) is 9.13. The first kappa shape index (κ1) is 14.0. The van der Waals surface area contributed by atoms with Crippen molar-refractivity contribution >= 4 is 21.7 Å². The first-order chi connectivity index (χ1) is 10.0. The van der Waals surface area contributed by atoms with Crippen LogP contribution in [-0.4, -0.2) is 15.5 Å². The molecule has 4 saturated carbocycles. The molecule has 0 radical (unpaired) electrons. The van der Waals surface area contributed by atoms with Gasteiger partial charge in [-0.15, -0.1) is 0 Å². The highest BCUT2D eigenvalue weighted by Crippen LogP contribution is 2.56. The molecule has 0 unspecified atom stereocenters. The zero-order valence-corrected chi connectivity index (χ0v) is 14.5. The Hall–Kier alpha value is -0.640. The van der Waals surface area contributed by atoms with Gasteiger partial charge in [-0.3, -0.25) is 0 Å². The molecule has 5 rings (SSSR count). The maximum absolute atomic E-state index is 4.76. The lowest BCUT2D eigenvalue weighted by atomic mass is 9.53. The SMILES string of the molecule is CC(C)c1nc(Br)cc(NC23CC4CC(CC(C4)C2)C3)n1. The third-order valence-corrected chi connectivity index (χ3v) is 6.07. The molecule has 1 N–H and O–H groups in total. The number of nitrogens with zero attached hydrogens (tertiary/aromatic N) is 2. The molecule has 1 aromatic heterocycles. The Morgan fingerprint density at radius 1 is 1.10 bits per heavy atom. The van der Waals surface area contributed by atoms with E-state index in [1.54, 1.807) is 0 Å². The summed E-state index contributed by atoms with van der Waals surface area (Å²) in [7, 11) is 0. The molecule has 21 heavy (non-hydrogen) atoms. The van der Waals surface area contributed by atoms with Crippen molar-refractivity contribution in [3.05, 3.63) is 16.5 Å². The maximum Gasteiger partial charge on any atom is 0.134 e. The van der Waals surface area contributed by atoms with Crippen LogP contribution < -0.4 is 5.32 Å². The van der Waals surface area contributed by atoms with Gasteiger partial charge < -0.3 is 5.32 Å². The van der Waals surface area contributed by atoms with Crippen LogP contribution in [0.15, 0.2) is 10.7 Å². The van der Waals surface area contributed by atoms with E-state index in [4.69, 9.17) is 4.98 Å². The van der Waals surface area contributed by atoms with Crippen LogP contribution in [0.2, 0.25) is 0 Å². The van der Waals surface area contributed by atoms with Gasteiger partial charge >= 0.3 is 0 Å². The molecule has 1 aromatic rings. The van der Waals surface area contributed by atoms with Gasteiger partial charge in [-0.1, -0.05) is 13.8 Å². The van der Waals surface area contributed by atoms with Crippen molar-refractivity contribution < 1.29 is 0 Å². The van der Waals surface area contributed by atoms with E-state index in [0.29, 0.717) is 11.5 Å². The summed E-state index contributed by atoms with van der Waals surface area (Å²) in [6.45, 7) is 4.30. The van der Waals surface area contributed by atoms with E-state index < -0.39 is 0 Å². The van der Waals surface area contributed by atoms with Gasteiger partial charge in [0.05, 0.1) is 0 Å². The highest BCUT2D eigenvalue weighted by atomic mass is 79.9. The highest BCUT2D eigenvalue weighted by molar-refractivity contribution is 9.10. The van der Waals surface area contributed by atoms with Crippen LogP contribution in [-0.2, 0) is 0 Å². The van der Waals surface area contributed by atoms with Gasteiger partial charge in [-0.05, 0) is 72.2 Å². The van der Waals surface area contributed by atoms with Crippen LogP contribution in [0.4, 0.5) is 5.82 Å². The van der Waals surface area contributed by atoms with Crippen molar-refractivity contribution in [3.8, 4) is 0 Å². The summed E-state index contributed by atoms with van der Waals surface area (Å²) < 4.78 is 0.897. The molecule has 1 heterocycles. The Morgan fingerprint density at radius 3 is 2.19 bits per heavy atom. The van der Waals surface area contributed by atoms with E-state index in [1.165, 1.54) is 38.5 Å². The highest BCUT2D eigenvalue weighted by Gasteiger charge is 2.51. The van der Waals surface area contributed by atoms with E-state index in [-0.39, 0.29) is 0 Å². The molecule has 0 atom stereocenters. The summed E-state index contributed by atoms with van der Waals surface area (Å²) in [6, 6.07) is 2.05. The largest absolute Gasteiger partial charge is 0.364 e. The van der Waals surface area contributed by atoms with Gasteiger partial charge in [0.15, 0.2) is 0 Å². The molecule has 4 fully saturated rings. The number of nitrogens with one attached hydrogen (secondary N) is 1. The smallest absolute Gasteiger partial charge is 0.134 e. The monoisotopic (exact) mass is 349 g/mol. The molecule has 4 heteroatoms. The van der Waals surface area contributed by atoms with Crippen LogP contribution in [0, 0.1) is 17.8 Å². The molecule has 4 bridgehead atoms. The number of hydrogen-bond donors (Lipinski definition) is 1. The lowest BCUT2D eigenvalue weighted by Crippen LogP contribution is -2.54. The zero-order chi connectivity index (χ0) is 14.6. The quantitative estimate of drug-likeness (QED) is 0.800. The molecule has 114 valence electrons. The molecule has 0 spiro atoms. The molecular formula is C17H24BrN3. The van der Waals surface area contributed by atoms with Crippen molar-refractivity contribution in [3.63, 3.8) is 0 Å². The summed E-state index contributed by atoms with van der Waals surface area (Å²) in [5.41, 5.74) is 0.316. The van der Waals surface area contributed by atoms with Gasteiger partial charge in [-0.25, -0.2) is 9.97 Å². The average Bonchev–Trinajstić information content (AvgIpc) is 2.35. The van der Waals surface area contributed by atoms with Crippen LogP contribution in [0.3, 0.4) is 0 Å². The first-order valence-electron chi connectivity index (χ1n) is 8.34. The summed E-state index contributed by atoms with van der Waals surface area (Å²) >= 11 is 3.54. The zero-order valence-electron chi connectivity index (χ0n) is 12.9. The lowest BCUT2D eigenvalue weighted by molar-refractivity contribution is 0.0105. The Labute approximate surface area is 135 Å². The number of hydrogen-bond acceptors (Lipinski definition) is 3. The Kier molecular flexibility index (Phi) is 3.29. The van der Waals surface area contributed by atoms with Crippen LogP contribution in [0.25, 0.3) is 0 Å². The maximum atomic E-state index is 4.76. The molecule has 3 nitrogen and oxygen atoms in total. The predicted molar refractivity (Wildman–Crippen MR) is 88.3 cm³/mol. The van der Waals surface area contributed by atoms with Gasteiger partial charge in [0, 0.05) is 17.5 Å². The molecule has 0 amide bonds. The normalized spacial score (nSPS) is 37.2. The summed E-state index contributed by atoms with van der Waals surface area (Å²) in [5.74, 6) is 5.18. The Bertz CT molecular complexity index is 520. The van der Waals surface area contributed by atoms with Crippen LogP contribution in [0.5, 0.6) is 0 Å². The topological polar surface area (TPSA) is 37.8 Å². The minimum absolute atomic E-state index is 0.316. The fraction of sp³-hybridized carbons (Fsp3) is 0.765. The van der Waals surface area contributed by atoms with Crippen molar-refractivity contribution in [2.24, 2.45) is 17.8 Å². The number of rotatable bonds is 3. The molecule has 4 aliphatic carbocycles. The molecule has 0 aromatic carbocycles. The summed E-state index contributed by atoms with van der Waals surface area (Å²) in [4.78, 5) is 9.25. The van der Waals surface area contributed by atoms with E-state index in [0.717, 1.165) is 34.0 Å². The fourth-order valence-corrected chi connectivity index (χ4v) is 5.69. The van der Waals surface area contributed by atoms with Gasteiger partial charge in [-0.2, -0.15) is 0 Å². The van der Waals surface area contributed by atoms with E-state index in [9.17, 15) is 0 Å². The number of anilines is 1. The Morgan fingerprint density at radius 2 is 1.67 bits per heavy atom. The van der Waals surface area contributed by atoms with Gasteiger partial charge in [0.2, 0.25) is 0 Å². The minimum atomic E-state index is 0.316.